The van der Waals surface area contributed by atoms with Gasteiger partial charge in [-0.3, -0.25) is 9.69 Å². The van der Waals surface area contributed by atoms with Crippen molar-refractivity contribution in [2.24, 2.45) is 5.73 Å². The number of rotatable bonds is 5. The molecule has 0 spiro atoms. The van der Waals surface area contributed by atoms with Crippen LogP contribution in [0.5, 0.6) is 0 Å². The van der Waals surface area contributed by atoms with Gasteiger partial charge in [-0.1, -0.05) is 18.6 Å². The van der Waals surface area contributed by atoms with Crippen molar-refractivity contribution < 1.29 is 9.18 Å². The number of carbonyl (C=O) groups excluding carboxylic acids is 1. The molecule has 1 heterocycles. The highest BCUT2D eigenvalue weighted by Crippen LogP contribution is 2.19. The van der Waals surface area contributed by atoms with E-state index in [9.17, 15) is 9.18 Å². The molecule has 0 radical (unpaired) electrons. The van der Waals surface area contributed by atoms with Crippen molar-refractivity contribution in [2.75, 3.05) is 25.0 Å². The molecular formula is C15H22FN3O. The van der Waals surface area contributed by atoms with Crippen molar-refractivity contribution in [3.63, 3.8) is 0 Å². The normalized spacial score (nSPS) is 19.8. The van der Waals surface area contributed by atoms with Crippen LogP contribution >= 0.6 is 0 Å². The van der Waals surface area contributed by atoms with Gasteiger partial charge in [0.05, 0.1) is 12.2 Å². The molecule has 1 aromatic rings. The molecule has 20 heavy (non-hydrogen) atoms. The van der Waals surface area contributed by atoms with E-state index in [0.717, 1.165) is 25.8 Å². The molecule has 0 bridgehead atoms. The Labute approximate surface area is 119 Å². The number of benzene rings is 1. The SMILES string of the molecule is NCCC1CCCCN1CC(=O)Nc1ccccc1F. The molecule has 1 amide bonds. The maximum atomic E-state index is 13.5. The van der Waals surface area contributed by atoms with Gasteiger partial charge in [0.1, 0.15) is 5.82 Å². The number of hydrogen-bond donors (Lipinski definition) is 2. The number of halogens is 1. The Morgan fingerprint density at radius 3 is 2.95 bits per heavy atom. The van der Waals surface area contributed by atoms with Crippen molar-refractivity contribution in [2.45, 2.75) is 31.7 Å². The number of para-hydroxylation sites is 1. The summed E-state index contributed by atoms with van der Waals surface area (Å²) in [6.07, 6.45) is 4.29. The van der Waals surface area contributed by atoms with Crippen LogP contribution in [0.15, 0.2) is 24.3 Å². The molecule has 0 aromatic heterocycles. The average Bonchev–Trinajstić information content (AvgIpc) is 2.44. The van der Waals surface area contributed by atoms with Crippen LogP contribution in [0.1, 0.15) is 25.7 Å². The van der Waals surface area contributed by atoms with Gasteiger partial charge in [0.15, 0.2) is 0 Å². The van der Waals surface area contributed by atoms with E-state index in [4.69, 9.17) is 5.73 Å². The zero-order valence-corrected chi connectivity index (χ0v) is 11.6. The summed E-state index contributed by atoms with van der Waals surface area (Å²) in [4.78, 5) is 14.2. The van der Waals surface area contributed by atoms with Gasteiger partial charge in [-0.2, -0.15) is 0 Å². The smallest absolute Gasteiger partial charge is 0.238 e. The Kier molecular flexibility index (Phi) is 5.49. The van der Waals surface area contributed by atoms with E-state index in [1.165, 1.54) is 12.5 Å². The quantitative estimate of drug-likeness (QED) is 0.866. The van der Waals surface area contributed by atoms with E-state index in [1.54, 1.807) is 18.2 Å². The lowest BCUT2D eigenvalue weighted by Gasteiger charge is -2.35. The predicted molar refractivity (Wildman–Crippen MR) is 77.9 cm³/mol. The highest BCUT2D eigenvalue weighted by molar-refractivity contribution is 5.92. The molecule has 4 nitrogen and oxygen atoms in total. The van der Waals surface area contributed by atoms with Gasteiger partial charge in [0, 0.05) is 6.04 Å². The Hall–Kier alpha value is -1.46. The minimum atomic E-state index is -0.405. The number of nitrogens with zero attached hydrogens (tertiary/aromatic N) is 1. The molecule has 1 fully saturated rings. The number of nitrogens with one attached hydrogen (secondary N) is 1. The zero-order valence-electron chi connectivity index (χ0n) is 11.6. The highest BCUT2D eigenvalue weighted by atomic mass is 19.1. The maximum absolute atomic E-state index is 13.5. The van der Waals surface area contributed by atoms with Crippen molar-refractivity contribution in [3.05, 3.63) is 30.1 Å². The first-order chi connectivity index (χ1) is 9.70. The lowest BCUT2D eigenvalue weighted by molar-refractivity contribution is -0.118. The molecule has 1 saturated heterocycles. The van der Waals surface area contributed by atoms with Gasteiger partial charge < -0.3 is 11.1 Å². The first kappa shape index (κ1) is 14.9. The fourth-order valence-electron chi connectivity index (χ4n) is 2.72. The lowest BCUT2D eigenvalue weighted by Crippen LogP contribution is -2.44. The number of anilines is 1. The maximum Gasteiger partial charge on any atom is 0.238 e. The average molecular weight is 279 g/mol. The molecular weight excluding hydrogens is 257 g/mol. The van der Waals surface area contributed by atoms with Gasteiger partial charge in [-0.25, -0.2) is 4.39 Å². The summed E-state index contributed by atoms with van der Waals surface area (Å²) in [7, 11) is 0. The molecule has 1 aliphatic heterocycles. The third-order valence-electron chi connectivity index (χ3n) is 3.74. The number of carbonyl (C=O) groups is 1. The second-order valence-corrected chi connectivity index (χ2v) is 5.23. The van der Waals surface area contributed by atoms with Gasteiger partial charge >= 0.3 is 0 Å². The number of hydrogen-bond acceptors (Lipinski definition) is 3. The van der Waals surface area contributed by atoms with Gasteiger partial charge in [-0.15, -0.1) is 0 Å². The third-order valence-corrected chi connectivity index (χ3v) is 3.74. The summed E-state index contributed by atoms with van der Waals surface area (Å²) in [5, 5.41) is 2.63. The van der Waals surface area contributed by atoms with Crippen LogP contribution < -0.4 is 11.1 Å². The number of amides is 1. The molecule has 1 aromatic carbocycles. The van der Waals surface area contributed by atoms with E-state index < -0.39 is 5.82 Å². The summed E-state index contributed by atoms with van der Waals surface area (Å²) in [6, 6.07) is 6.60. The number of likely N-dealkylation sites (tertiary alicyclic amines) is 1. The second kappa shape index (κ2) is 7.36. The van der Waals surface area contributed by atoms with E-state index in [0.29, 0.717) is 19.1 Å². The van der Waals surface area contributed by atoms with Gasteiger partial charge in [0.25, 0.3) is 0 Å². The largest absolute Gasteiger partial charge is 0.330 e. The number of nitrogens with two attached hydrogens (primary N) is 1. The van der Waals surface area contributed by atoms with Crippen molar-refractivity contribution in [1.29, 1.82) is 0 Å². The Morgan fingerprint density at radius 2 is 2.20 bits per heavy atom. The Morgan fingerprint density at radius 1 is 1.40 bits per heavy atom. The molecule has 2 rings (SSSR count). The second-order valence-electron chi connectivity index (χ2n) is 5.23. The summed E-state index contributed by atoms with van der Waals surface area (Å²) in [5.41, 5.74) is 5.86. The standard InChI is InChI=1S/C15H22FN3O/c16-13-6-1-2-7-14(13)18-15(20)11-19-10-4-3-5-12(19)8-9-17/h1-2,6-7,12H,3-5,8-11,17H2,(H,18,20). The van der Waals surface area contributed by atoms with E-state index in [-0.39, 0.29) is 11.6 Å². The molecule has 3 N–H and O–H groups in total. The van der Waals surface area contributed by atoms with Crippen LogP contribution in [-0.4, -0.2) is 36.5 Å². The summed E-state index contributed by atoms with van der Waals surface area (Å²) >= 11 is 0. The van der Waals surface area contributed by atoms with E-state index in [1.807, 2.05) is 0 Å². The first-order valence-corrected chi connectivity index (χ1v) is 7.19. The van der Waals surface area contributed by atoms with Crippen LogP contribution in [0.4, 0.5) is 10.1 Å². The molecule has 0 aliphatic carbocycles. The summed E-state index contributed by atoms with van der Waals surface area (Å²) < 4.78 is 13.5. The molecule has 0 saturated carbocycles. The number of piperidine rings is 1. The molecule has 1 atom stereocenters. The molecule has 1 unspecified atom stereocenters. The van der Waals surface area contributed by atoms with Gasteiger partial charge in [-0.05, 0) is 44.5 Å². The zero-order chi connectivity index (χ0) is 14.4. The minimum absolute atomic E-state index is 0.168. The summed E-state index contributed by atoms with van der Waals surface area (Å²) in [5.74, 6) is -0.572. The monoisotopic (exact) mass is 279 g/mol. The van der Waals surface area contributed by atoms with Crippen LogP contribution in [0.25, 0.3) is 0 Å². The topological polar surface area (TPSA) is 58.4 Å². The van der Waals surface area contributed by atoms with E-state index in [2.05, 4.69) is 10.2 Å². The first-order valence-electron chi connectivity index (χ1n) is 7.19. The summed E-state index contributed by atoms with van der Waals surface area (Å²) in [6.45, 7) is 1.85. The Bertz CT molecular complexity index is 450. The van der Waals surface area contributed by atoms with Crippen LogP contribution in [0, 0.1) is 5.82 Å². The van der Waals surface area contributed by atoms with Crippen LogP contribution in [-0.2, 0) is 4.79 Å². The van der Waals surface area contributed by atoms with Crippen LogP contribution in [0.2, 0.25) is 0 Å². The van der Waals surface area contributed by atoms with Crippen molar-refractivity contribution in [1.82, 2.24) is 4.90 Å². The molecule has 5 heteroatoms. The molecule has 1 aliphatic rings. The van der Waals surface area contributed by atoms with Crippen molar-refractivity contribution >= 4 is 11.6 Å². The fourth-order valence-corrected chi connectivity index (χ4v) is 2.72. The highest BCUT2D eigenvalue weighted by Gasteiger charge is 2.23. The van der Waals surface area contributed by atoms with Gasteiger partial charge in [0.2, 0.25) is 5.91 Å². The Balaban J connectivity index is 1.91. The molecule has 110 valence electrons. The van der Waals surface area contributed by atoms with Crippen molar-refractivity contribution in [3.8, 4) is 0 Å². The fraction of sp³-hybridized carbons (Fsp3) is 0.533. The minimum Gasteiger partial charge on any atom is -0.330 e. The van der Waals surface area contributed by atoms with Crippen LogP contribution in [0.3, 0.4) is 0 Å². The third kappa shape index (κ3) is 4.02. The predicted octanol–water partition coefficient (Wildman–Crippen LogP) is 1.97. The van der Waals surface area contributed by atoms with E-state index >= 15 is 0 Å². The lowest BCUT2D eigenvalue weighted by atomic mass is 9.99.